The molecule has 2 aromatic heterocycles. The molecule has 140 valence electrons. The minimum absolute atomic E-state index is 0.0952. The third kappa shape index (κ3) is 3.28. The van der Waals surface area contributed by atoms with Gasteiger partial charge in [-0.05, 0) is 36.2 Å². The van der Waals surface area contributed by atoms with Gasteiger partial charge in [-0.1, -0.05) is 0 Å². The first-order valence-electron chi connectivity index (χ1n) is 8.69. The van der Waals surface area contributed by atoms with Crippen molar-refractivity contribution in [3.05, 3.63) is 41.0 Å². The van der Waals surface area contributed by atoms with Gasteiger partial charge in [-0.15, -0.1) is 11.3 Å². The van der Waals surface area contributed by atoms with Gasteiger partial charge in [0.25, 0.3) is 0 Å². The number of rotatable bonds is 3. The molecule has 0 saturated heterocycles. The normalized spacial score (nSPS) is 13.4. The zero-order valence-electron chi connectivity index (χ0n) is 15.5. The Hall–Kier alpha value is -2.87. The smallest absolute Gasteiger partial charge is 0.322 e. The van der Waals surface area contributed by atoms with Crippen molar-refractivity contribution in [2.45, 2.75) is 13.0 Å². The molecule has 0 atom stereocenters. The van der Waals surface area contributed by atoms with Crippen molar-refractivity contribution in [3.8, 4) is 5.75 Å². The molecule has 0 unspecified atom stereocenters. The number of fused-ring (bicyclic) bond motifs is 3. The minimum Gasteiger partial charge on any atom is -0.497 e. The molecule has 8 heteroatoms. The largest absolute Gasteiger partial charge is 0.497 e. The fourth-order valence-corrected chi connectivity index (χ4v) is 4.50. The van der Waals surface area contributed by atoms with Gasteiger partial charge in [0, 0.05) is 31.2 Å². The number of thiophene rings is 1. The molecular formula is C19H21N5O2S. The van der Waals surface area contributed by atoms with E-state index in [1.54, 1.807) is 24.8 Å². The van der Waals surface area contributed by atoms with Crippen LogP contribution in [-0.4, -0.2) is 48.6 Å². The van der Waals surface area contributed by atoms with Crippen molar-refractivity contribution in [3.63, 3.8) is 0 Å². The zero-order valence-corrected chi connectivity index (χ0v) is 16.3. The topological polar surface area (TPSA) is 70.6 Å². The fourth-order valence-electron chi connectivity index (χ4n) is 3.30. The average molecular weight is 383 g/mol. The monoisotopic (exact) mass is 383 g/mol. The van der Waals surface area contributed by atoms with Crippen molar-refractivity contribution in [2.75, 3.05) is 38.0 Å². The lowest BCUT2D eigenvalue weighted by Crippen LogP contribution is -2.38. The van der Waals surface area contributed by atoms with Gasteiger partial charge in [0.15, 0.2) is 0 Å². The quantitative estimate of drug-likeness (QED) is 0.751. The lowest BCUT2D eigenvalue weighted by molar-refractivity contribution is 0.207. The summed E-state index contributed by atoms with van der Waals surface area (Å²) in [5, 5.41) is 4.08. The summed E-state index contributed by atoms with van der Waals surface area (Å²) in [6, 6.07) is 7.24. The first-order valence-corrected chi connectivity index (χ1v) is 9.51. The molecule has 0 radical (unpaired) electrons. The number of hydrogen-bond acceptors (Lipinski definition) is 6. The van der Waals surface area contributed by atoms with Crippen LogP contribution in [0.3, 0.4) is 0 Å². The van der Waals surface area contributed by atoms with Crippen molar-refractivity contribution >= 4 is 39.1 Å². The second kappa shape index (κ2) is 7.03. The molecule has 2 amide bonds. The van der Waals surface area contributed by atoms with E-state index >= 15 is 0 Å². The van der Waals surface area contributed by atoms with Crippen LogP contribution in [0.4, 0.5) is 16.3 Å². The Morgan fingerprint density at radius 1 is 1.26 bits per heavy atom. The molecule has 1 N–H and O–H groups in total. The number of benzene rings is 1. The molecule has 3 aromatic rings. The van der Waals surface area contributed by atoms with Gasteiger partial charge in [-0.2, -0.15) is 0 Å². The number of anilines is 2. The molecule has 0 spiro atoms. The summed E-state index contributed by atoms with van der Waals surface area (Å²) in [5.74, 6) is 1.70. The Morgan fingerprint density at radius 3 is 2.74 bits per heavy atom. The summed E-state index contributed by atoms with van der Waals surface area (Å²) < 4.78 is 5.15. The van der Waals surface area contributed by atoms with Crippen molar-refractivity contribution < 1.29 is 9.53 Å². The number of methoxy groups -OCH3 is 1. The summed E-state index contributed by atoms with van der Waals surface area (Å²) in [5.41, 5.74) is 2.02. The van der Waals surface area contributed by atoms with Crippen LogP contribution in [-0.2, 0) is 13.0 Å². The van der Waals surface area contributed by atoms with Gasteiger partial charge in [0.1, 0.15) is 22.7 Å². The average Bonchev–Trinajstić information content (AvgIpc) is 3.06. The van der Waals surface area contributed by atoms with E-state index in [0.29, 0.717) is 13.1 Å². The van der Waals surface area contributed by atoms with Crippen LogP contribution in [0.15, 0.2) is 30.6 Å². The summed E-state index contributed by atoms with van der Waals surface area (Å²) in [6.07, 6.45) is 2.41. The molecule has 1 aromatic carbocycles. The highest BCUT2D eigenvalue weighted by Gasteiger charge is 2.26. The second-order valence-electron chi connectivity index (χ2n) is 6.61. The van der Waals surface area contributed by atoms with Gasteiger partial charge in [-0.25, -0.2) is 14.8 Å². The van der Waals surface area contributed by atoms with Crippen LogP contribution in [0.2, 0.25) is 0 Å². The number of carbonyl (C=O) groups is 1. The molecule has 7 nitrogen and oxygen atoms in total. The van der Waals surface area contributed by atoms with Crippen LogP contribution in [0.1, 0.15) is 10.4 Å². The lowest BCUT2D eigenvalue weighted by Gasteiger charge is -2.27. The van der Waals surface area contributed by atoms with Crippen molar-refractivity contribution in [2.24, 2.45) is 0 Å². The van der Waals surface area contributed by atoms with E-state index in [4.69, 9.17) is 4.74 Å². The van der Waals surface area contributed by atoms with E-state index in [9.17, 15) is 4.79 Å². The Morgan fingerprint density at radius 2 is 2.04 bits per heavy atom. The van der Waals surface area contributed by atoms with Gasteiger partial charge >= 0.3 is 6.03 Å². The molecule has 0 fully saturated rings. The zero-order chi connectivity index (χ0) is 19.0. The second-order valence-corrected chi connectivity index (χ2v) is 7.69. The molecular weight excluding hydrogens is 362 g/mol. The van der Waals surface area contributed by atoms with Gasteiger partial charge in [0.05, 0.1) is 19.0 Å². The summed E-state index contributed by atoms with van der Waals surface area (Å²) in [6.45, 7) is 1.26. The van der Waals surface area contributed by atoms with E-state index in [0.717, 1.165) is 33.9 Å². The fraction of sp³-hybridized carbons (Fsp3) is 0.316. The Balaban J connectivity index is 1.55. The first kappa shape index (κ1) is 17.5. The predicted octanol–water partition coefficient (Wildman–Crippen LogP) is 3.36. The number of carbonyl (C=O) groups excluding carboxylic acids is 1. The Bertz CT molecular complexity index is 984. The van der Waals surface area contributed by atoms with Crippen LogP contribution in [0.25, 0.3) is 10.2 Å². The maximum Gasteiger partial charge on any atom is 0.322 e. The van der Waals surface area contributed by atoms with Crippen molar-refractivity contribution in [1.82, 2.24) is 14.9 Å². The summed E-state index contributed by atoms with van der Waals surface area (Å²) in [4.78, 5) is 27.6. The summed E-state index contributed by atoms with van der Waals surface area (Å²) in [7, 11) is 5.60. The molecule has 1 aliphatic heterocycles. The van der Waals surface area contributed by atoms with E-state index in [2.05, 4.69) is 15.3 Å². The Labute approximate surface area is 161 Å². The molecule has 1 aliphatic rings. The van der Waals surface area contributed by atoms with E-state index in [1.807, 2.05) is 48.2 Å². The Kier molecular flexibility index (Phi) is 4.57. The highest BCUT2D eigenvalue weighted by Crippen LogP contribution is 2.38. The van der Waals surface area contributed by atoms with E-state index in [-0.39, 0.29) is 6.03 Å². The first-order chi connectivity index (χ1) is 13.1. The third-order valence-electron chi connectivity index (χ3n) is 4.67. The van der Waals surface area contributed by atoms with E-state index in [1.165, 1.54) is 10.4 Å². The molecule has 4 rings (SSSR count). The lowest BCUT2D eigenvalue weighted by atomic mass is 10.1. The molecule has 3 heterocycles. The van der Waals surface area contributed by atoms with Crippen LogP contribution >= 0.6 is 11.3 Å². The molecule has 0 saturated carbocycles. The van der Waals surface area contributed by atoms with Crippen LogP contribution in [0.5, 0.6) is 5.75 Å². The van der Waals surface area contributed by atoms with Crippen LogP contribution < -0.4 is 15.0 Å². The number of hydrogen-bond donors (Lipinski definition) is 1. The van der Waals surface area contributed by atoms with E-state index < -0.39 is 0 Å². The highest BCUT2D eigenvalue weighted by molar-refractivity contribution is 7.19. The van der Waals surface area contributed by atoms with Crippen LogP contribution in [0, 0.1) is 0 Å². The predicted molar refractivity (Wildman–Crippen MR) is 108 cm³/mol. The number of ether oxygens (including phenoxy) is 1. The maximum atomic E-state index is 12.7. The van der Waals surface area contributed by atoms with Gasteiger partial charge in [0.2, 0.25) is 0 Å². The number of urea groups is 1. The number of amides is 2. The number of aromatic nitrogens is 2. The van der Waals surface area contributed by atoms with Crippen molar-refractivity contribution in [1.29, 1.82) is 0 Å². The summed E-state index contributed by atoms with van der Waals surface area (Å²) >= 11 is 1.65. The number of nitrogens with zero attached hydrogens (tertiary/aromatic N) is 4. The standard InChI is InChI=1S/C19H21N5O2S/c1-23(2)17-16-14-8-9-24(10-15(14)27-18(16)21-11-20-17)19(25)22-12-4-6-13(26-3)7-5-12/h4-7,11H,8-10H2,1-3H3,(H,22,25). The van der Waals surface area contributed by atoms with Gasteiger partial charge < -0.3 is 19.9 Å². The minimum atomic E-state index is -0.0952. The maximum absolute atomic E-state index is 12.7. The molecule has 0 aliphatic carbocycles. The highest BCUT2D eigenvalue weighted by atomic mass is 32.1. The molecule has 0 bridgehead atoms. The van der Waals surface area contributed by atoms with Gasteiger partial charge in [-0.3, -0.25) is 0 Å². The SMILES string of the molecule is COc1ccc(NC(=O)N2CCc3c(sc4ncnc(N(C)C)c34)C2)cc1. The number of nitrogens with one attached hydrogen (secondary N) is 1. The molecule has 27 heavy (non-hydrogen) atoms. The third-order valence-corrected chi connectivity index (χ3v) is 5.79.